The van der Waals surface area contributed by atoms with Gasteiger partial charge in [0.05, 0.1) is 0 Å². The maximum absolute atomic E-state index is 12.3. The third-order valence-corrected chi connectivity index (χ3v) is 4.85. The van der Waals surface area contributed by atoms with Crippen molar-refractivity contribution in [3.05, 3.63) is 0 Å². The Labute approximate surface area is 111 Å². The zero-order valence-electron chi connectivity index (χ0n) is 11.7. The average molecular weight is 252 g/mol. The summed E-state index contributed by atoms with van der Waals surface area (Å²) in [7, 11) is 0. The van der Waals surface area contributed by atoms with Crippen molar-refractivity contribution >= 4 is 5.91 Å². The molecule has 2 rings (SSSR count). The summed E-state index contributed by atoms with van der Waals surface area (Å²) in [5.74, 6) is 2.82. The second-order valence-electron chi connectivity index (χ2n) is 6.16. The van der Waals surface area contributed by atoms with Crippen molar-refractivity contribution in [3.8, 4) is 0 Å². The quantitative estimate of drug-likeness (QED) is 0.756. The first-order chi connectivity index (χ1) is 8.74. The van der Waals surface area contributed by atoms with Gasteiger partial charge in [0.1, 0.15) is 0 Å². The Morgan fingerprint density at radius 2 is 2.11 bits per heavy atom. The van der Waals surface area contributed by atoms with E-state index in [1.807, 2.05) is 4.90 Å². The van der Waals surface area contributed by atoms with Gasteiger partial charge in [-0.25, -0.2) is 0 Å². The molecule has 1 amide bonds. The number of hydrogen-bond donors (Lipinski definition) is 1. The van der Waals surface area contributed by atoms with Crippen LogP contribution in [-0.4, -0.2) is 30.4 Å². The lowest BCUT2D eigenvalue weighted by Crippen LogP contribution is -2.37. The van der Waals surface area contributed by atoms with E-state index in [1.54, 1.807) is 0 Å². The lowest BCUT2D eigenvalue weighted by Gasteiger charge is -2.26. The molecule has 3 nitrogen and oxygen atoms in total. The van der Waals surface area contributed by atoms with Crippen LogP contribution >= 0.6 is 0 Å². The maximum Gasteiger partial charge on any atom is 0.222 e. The third kappa shape index (κ3) is 3.25. The van der Waals surface area contributed by atoms with E-state index >= 15 is 0 Å². The first kappa shape index (κ1) is 13.9. The molecule has 0 aliphatic heterocycles. The molecular weight excluding hydrogens is 224 g/mol. The van der Waals surface area contributed by atoms with E-state index in [1.165, 1.54) is 25.7 Å². The first-order valence-electron chi connectivity index (χ1n) is 7.72. The van der Waals surface area contributed by atoms with Crippen molar-refractivity contribution in [1.82, 2.24) is 4.90 Å². The van der Waals surface area contributed by atoms with E-state index in [-0.39, 0.29) is 0 Å². The average Bonchev–Trinajstić information content (AvgIpc) is 2.96. The van der Waals surface area contributed by atoms with Crippen LogP contribution in [0.1, 0.15) is 51.9 Å². The summed E-state index contributed by atoms with van der Waals surface area (Å²) in [5.41, 5.74) is 5.61. The Morgan fingerprint density at radius 3 is 2.67 bits per heavy atom. The number of nitrogens with zero attached hydrogens (tertiary/aromatic N) is 1. The second-order valence-corrected chi connectivity index (χ2v) is 6.16. The van der Waals surface area contributed by atoms with Crippen LogP contribution in [0.25, 0.3) is 0 Å². The number of hydrogen-bond acceptors (Lipinski definition) is 2. The van der Waals surface area contributed by atoms with Crippen LogP contribution in [0.2, 0.25) is 0 Å². The van der Waals surface area contributed by atoms with Crippen LogP contribution in [0.3, 0.4) is 0 Å². The summed E-state index contributed by atoms with van der Waals surface area (Å²) in [6.45, 7) is 4.39. The minimum Gasteiger partial charge on any atom is -0.341 e. The van der Waals surface area contributed by atoms with Crippen molar-refractivity contribution in [2.45, 2.75) is 51.9 Å². The van der Waals surface area contributed by atoms with Gasteiger partial charge in [-0.1, -0.05) is 19.8 Å². The van der Waals surface area contributed by atoms with Crippen molar-refractivity contribution < 1.29 is 4.79 Å². The molecule has 0 heterocycles. The number of carbonyl (C=O) groups is 1. The molecule has 0 saturated heterocycles. The summed E-state index contributed by atoms with van der Waals surface area (Å²) >= 11 is 0. The highest BCUT2D eigenvalue weighted by atomic mass is 16.2. The minimum absolute atomic E-state index is 0.353. The molecule has 2 aliphatic rings. The van der Waals surface area contributed by atoms with Gasteiger partial charge in [0.25, 0.3) is 0 Å². The molecule has 3 unspecified atom stereocenters. The lowest BCUT2D eigenvalue weighted by molar-refractivity contribution is -0.132. The van der Waals surface area contributed by atoms with Crippen LogP contribution in [0.15, 0.2) is 0 Å². The van der Waals surface area contributed by atoms with Crippen LogP contribution in [0.5, 0.6) is 0 Å². The van der Waals surface area contributed by atoms with Crippen LogP contribution < -0.4 is 5.73 Å². The Morgan fingerprint density at radius 1 is 1.28 bits per heavy atom. The smallest absolute Gasteiger partial charge is 0.222 e. The summed E-state index contributed by atoms with van der Waals surface area (Å²) in [6.07, 6.45) is 8.51. The summed E-state index contributed by atoms with van der Waals surface area (Å²) < 4.78 is 0. The highest BCUT2D eigenvalue weighted by Gasteiger charge is 2.40. The molecule has 0 aromatic heterocycles. The van der Waals surface area contributed by atoms with E-state index in [0.29, 0.717) is 18.4 Å². The van der Waals surface area contributed by atoms with Gasteiger partial charge in [-0.2, -0.15) is 0 Å². The molecule has 2 aliphatic carbocycles. The summed E-state index contributed by atoms with van der Waals surface area (Å²) in [4.78, 5) is 14.3. The Hall–Kier alpha value is -0.570. The molecule has 3 atom stereocenters. The number of amides is 1. The standard InChI is InChI=1S/C15H28N2O/c1-2-3-7-17(8-6-16)15(18)11-14-10-12-4-5-13(14)9-12/h12-14H,2-11,16H2,1H3. The zero-order valence-corrected chi connectivity index (χ0v) is 11.7. The van der Waals surface area contributed by atoms with E-state index in [0.717, 1.165) is 44.2 Å². The van der Waals surface area contributed by atoms with Gasteiger partial charge in [-0.15, -0.1) is 0 Å². The Bertz CT molecular complexity index is 280. The highest BCUT2D eigenvalue weighted by molar-refractivity contribution is 5.76. The van der Waals surface area contributed by atoms with Gasteiger partial charge in [0, 0.05) is 26.1 Å². The van der Waals surface area contributed by atoms with E-state index in [9.17, 15) is 4.79 Å². The molecule has 2 fully saturated rings. The van der Waals surface area contributed by atoms with E-state index in [4.69, 9.17) is 5.73 Å². The monoisotopic (exact) mass is 252 g/mol. The van der Waals surface area contributed by atoms with Gasteiger partial charge in [0.15, 0.2) is 0 Å². The molecular formula is C15H28N2O. The summed E-state index contributed by atoms with van der Waals surface area (Å²) in [6, 6.07) is 0. The Balaban J connectivity index is 1.80. The van der Waals surface area contributed by atoms with Gasteiger partial charge in [-0.3, -0.25) is 4.79 Å². The minimum atomic E-state index is 0.353. The predicted molar refractivity (Wildman–Crippen MR) is 74.1 cm³/mol. The molecule has 0 spiro atoms. The van der Waals surface area contributed by atoms with Crippen molar-refractivity contribution in [1.29, 1.82) is 0 Å². The number of unbranched alkanes of at least 4 members (excludes halogenated alkanes) is 1. The SMILES string of the molecule is CCCCN(CCN)C(=O)CC1CC2CCC1C2. The molecule has 0 radical (unpaired) electrons. The van der Waals surface area contributed by atoms with E-state index in [2.05, 4.69) is 6.92 Å². The largest absolute Gasteiger partial charge is 0.341 e. The zero-order chi connectivity index (χ0) is 13.0. The second kappa shape index (κ2) is 6.55. The third-order valence-electron chi connectivity index (χ3n) is 4.85. The van der Waals surface area contributed by atoms with Crippen LogP contribution in [-0.2, 0) is 4.79 Å². The molecule has 2 bridgehead atoms. The lowest BCUT2D eigenvalue weighted by atomic mass is 9.86. The predicted octanol–water partition coefficient (Wildman–Crippen LogP) is 2.40. The molecule has 2 saturated carbocycles. The maximum atomic E-state index is 12.3. The van der Waals surface area contributed by atoms with Gasteiger partial charge < -0.3 is 10.6 Å². The molecule has 3 heteroatoms. The fraction of sp³-hybridized carbons (Fsp3) is 0.933. The van der Waals surface area contributed by atoms with E-state index < -0.39 is 0 Å². The fourth-order valence-corrected chi connectivity index (χ4v) is 3.85. The van der Waals surface area contributed by atoms with Crippen molar-refractivity contribution in [2.24, 2.45) is 23.5 Å². The van der Waals surface area contributed by atoms with Crippen LogP contribution in [0, 0.1) is 17.8 Å². The number of fused-ring (bicyclic) bond motifs is 2. The fourth-order valence-electron chi connectivity index (χ4n) is 3.85. The van der Waals surface area contributed by atoms with Crippen molar-refractivity contribution in [3.63, 3.8) is 0 Å². The topological polar surface area (TPSA) is 46.3 Å². The number of rotatable bonds is 7. The molecule has 0 aromatic carbocycles. The number of nitrogens with two attached hydrogens (primary N) is 1. The molecule has 0 aromatic rings. The van der Waals surface area contributed by atoms with Crippen LogP contribution in [0.4, 0.5) is 0 Å². The van der Waals surface area contributed by atoms with Gasteiger partial charge >= 0.3 is 0 Å². The molecule has 104 valence electrons. The summed E-state index contributed by atoms with van der Waals surface area (Å²) in [5, 5.41) is 0. The van der Waals surface area contributed by atoms with Gasteiger partial charge in [0.2, 0.25) is 5.91 Å². The van der Waals surface area contributed by atoms with Gasteiger partial charge in [-0.05, 0) is 43.4 Å². The number of carbonyl (C=O) groups excluding carboxylic acids is 1. The molecule has 18 heavy (non-hydrogen) atoms. The van der Waals surface area contributed by atoms with Crippen molar-refractivity contribution in [2.75, 3.05) is 19.6 Å². The Kier molecular flexibility index (Phi) is 5.04. The highest BCUT2D eigenvalue weighted by Crippen LogP contribution is 2.49. The molecule has 2 N–H and O–H groups in total. The normalized spacial score (nSPS) is 29.8. The first-order valence-corrected chi connectivity index (χ1v) is 7.72.